The predicted octanol–water partition coefficient (Wildman–Crippen LogP) is 7.00. The minimum Gasteiger partial charge on any atom is -0.495 e. The van der Waals surface area contributed by atoms with Crippen LogP contribution in [0.25, 0.3) is 28.2 Å². The number of thioether (sulfide) groups is 1. The van der Waals surface area contributed by atoms with Gasteiger partial charge in [-0.2, -0.15) is 0 Å². The fourth-order valence-electron chi connectivity index (χ4n) is 3.77. The number of benzene rings is 3. The van der Waals surface area contributed by atoms with Crippen molar-refractivity contribution in [2.75, 3.05) is 7.11 Å². The van der Waals surface area contributed by atoms with Crippen LogP contribution in [0.4, 0.5) is 4.79 Å². The third-order valence-electron chi connectivity index (χ3n) is 5.42. The Hall–Kier alpha value is -3.48. The molecule has 0 spiro atoms. The molecule has 164 valence electrons. The lowest BCUT2D eigenvalue weighted by Crippen LogP contribution is -2.27. The molecule has 1 saturated heterocycles. The lowest BCUT2D eigenvalue weighted by Gasteiger charge is -2.14. The number of furan rings is 1. The molecule has 4 aromatic rings. The van der Waals surface area contributed by atoms with Crippen molar-refractivity contribution in [3.8, 4) is 17.1 Å². The monoisotopic (exact) mass is 475 g/mol. The van der Waals surface area contributed by atoms with Gasteiger partial charge >= 0.3 is 0 Å². The quantitative estimate of drug-likeness (QED) is 0.291. The second kappa shape index (κ2) is 8.81. The molecule has 7 heteroatoms. The van der Waals surface area contributed by atoms with Crippen LogP contribution in [-0.4, -0.2) is 23.2 Å². The minimum absolute atomic E-state index is 0.219. The van der Waals surface area contributed by atoms with E-state index in [0.717, 1.165) is 33.7 Å². The first-order valence-corrected chi connectivity index (χ1v) is 11.4. The highest BCUT2D eigenvalue weighted by Crippen LogP contribution is 2.36. The van der Waals surface area contributed by atoms with Gasteiger partial charge < -0.3 is 9.15 Å². The fraction of sp³-hybridized carbons (Fsp3) is 0.0769. The molecular weight excluding hydrogens is 458 g/mol. The topological polar surface area (TPSA) is 59.8 Å². The first-order valence-electron chi connectivity index (χ1n) is 10.2. The summed E-state index contributed by atoms with van der Waals surface area (Å²) in [6.07, 6.45) is 1.60. The molecule has 33 heavy (non-hydrogen) atoms. The third-order valence-corrected chi connectivity index (χ3v) is 6.62. The number of methoxy groups -OCH3 is 1. The number of carbonyl (C=O) groups is 2. The predicted molar refractivity (Wildman–Crippen MR) is 131 cm³/mol. The van der Waals surface area contributed by atoms with Crippen molar-refractivity contribution in [3.63, 3.8) is 0 Å². The first-order chi connectivity index (χ1) is 16.0. The molecule has 1 aromatic heterocycles. The molecule has 1 aliphatic rings. The Morgan fingerprint density at radius 3 is 2.67 bits per heavy atom. The molecule has 1 aliphatic heterocycles. The minimum atomic E-state index is -0.330. The van der Waals surface area contributed by atoms with Gasteiger partial charge in [-0.05, 0) is 58.4 Å². The highest BCUT2D eigenvalue weighted by atomic mass is 35.5. The van der Waals surface area contributed by atoms with Crippen LogP contribution in [0.2, 0.25) is 5.02 Å². The largest absolute Gasteiger partial charge is 0.495 e. The average molecular weight is 476 g/mol. The van der Waals surface area contributed by atoms with E-state index in [4.69, 9.17) is 20.8 Å². The lowest BCUT2D eigenvalue weighted by molar-refractivity contribution is -0.123. The number of rotatable bonds is 5. The molecule has 1 fully saturated rings. The second-order valence-corrected chi connectivity index (χ2v) is 8.86. The number of imide groups is 1. The molecule has 0 bridgehead atoms. The lowest BCUT2D eigenvalue weighted by atomic mass is 10.0. The number of hydrogen-bond acceptors (Lipinski definition) is 5. The zero-order chi connectivity index (χ0) is 22.9. The van der Waals surface area contributed by atoms with E-state index in [2.05, 4.69) is 0 Å². The summed E-state index contributed by atoms with van der Waals surface area (Å²) < 4.78 is 11.1. The number of fused-ring (bicyclic) bond motifs is 1. The summed E-state index contributed by atoms with van der Waals surface area (Å²) in [4.78, 5) is 27.2. The summed E-state index contributed by atoms with van der Waals surface area (Å²) in [5.74, 6) is 1.32. The number of hydrogen-bond donors (Lipinski definition) is 0. The Bertz CT molecular complexity index is 1420. The van der Waals surface area contributed by atoms with Crippen molar-refractivity contribution in [1.82, 2.24) is 4.90 Å². The van der Waals surface area contributed by atoms with Crippen molar-refractivity contribution in [1.29, 1.82) is 0 Å². The van der Waals surface area contributed by atoms with Gasteiger partial charge in [0.05, 0.1) is 23.6 Å². The molecule has 0 unspecified atom stereocenters. The van der Waals surface area contributed by atoms with Gasteiger partial charge in [0.25, 0.3) is 11.1 Å². The van der Waals surface area contributed by atoms with Gasteiger partial charge in [0, 0.05) is 11.6 Å². The van der Waals surface area contributed by atoms with Crippen LogP contribution in [-0.2, 0) is 11.3 Å². The fourth-order valence-corrected chi connectivity index (χ4v) is 4.85. The number of ether oxygens (including phenoxy) is 1. The smallest absolute Gasteiger partial charge is 0.293 e. The second-order valence-electron chi connectivity index (χ2n) is 7.46. The molecule has 0 N–H and O–H groups in total. The highest BCUT2D eigenvalue weighted by molar-refractivity contribution is 8.18. The van der Waals surface area contributed by atoms with Crippen LogP contribution in [0.3, 0.4) is 0 Å². The van der Waals surface area contributed by atoms with E-state index in [1.165, 1.54) is 4.90 Å². The molecule has 2 amide bonds. The van der Waals surface area contributed by atoms with E-state index in [0.29, 0.717) is 27.2 Å². The highest BCUT2D eigenvalue weighted by Gasteiger charge is 2.35. The Morgan fingerprint density at radius 2 is 1.85 bits per heavy atom. The molecule has 0 atom stereocenters. The van der Waals surface area contributed by atoms with Gasteiger partial charge in [0.2, 0.25) is 0 Å². The molecule has 5 rings (SSSR count). The number of carbonyl (C=O) groups excluding carboxylic acids is 2. The normalized spacial score (nSPS) is 15.1. The van der Waals surface area contributed by atoms with Gasteiger partial charge in [-0.1, -0.05) is 54.1 Å². The maximum atomic E-state index is 13.0. The van der Waals surface area contributed by atoms with Crippen molar-refractivity contribution >= 4 is 51.4 Å². The van der Waals surface area contributed by atoms with Gasteiger partial charge in [-0.15, -0.1) is 0 Å². The first kappa shape index (κ1) is 21.4. The van der Waals surface area contributed by atoms with Gasteiger partial charge in [-0.25, -0.2) is 0 Å². The number of amides is 2. The van der Waals surface area contributed by atoms with E-state index in [-0.39, 0.29) is 17.7 Å². The van der Waals surface area contributed by atoms with Gasteiger partial charge in [-0.3, -0.25) is 14.5 Å². The summed E-state index contributed by atoms with van der Waals surface area (Å²) in [5.41, 5.74) is 1.71. The van der Waals surface area contributed by atoms with E-state index >= 15 is 0 Å². The Kier molecular flexibility index (Phi) is 5.70. The van der Waals surface area contributed by atoms with Crippen LogP contribution < -0.4 is 4.74 Å². The van der Waals surface area contributed by atoms with E-state index in [1.807, 2.05) is 48.5 Å². The van der Waals surface area contributed by atoms with Crippen molar-refractivity contribution in [3.05, 3.63) is 94.0 Å². The molecule has 5 nitrogen and oxygen atoms in total. The van der Waals surface area contributed by atoms with Gasteiger partial charge in [0.15, 0.2) is 0 Å². The Balaban J connectivity index is 1.38. The maximum absolute atomic E-state index is 13.0. The molecular formula is C26H18ClNO4S. The molecule has 0 radical (unpaired) electrons. The number of nitrogens with zero attached hydrogens (tertiary/aromatic N) is 1. The van der Waals surface area contributed by atoms with E-state index in [1.54, 1.807) is 37.5 Å². The maximum Gasteiger partial charge on any atom is 0.293 e. The molecule has 3 aromatic carbocycles. The number of halogens is 1. The third kappa shape index (κ3) is 4.15. The zero-order valence-electron chi connectivity index (χ0n) is 17.6. The summed E-state index contributed by atoms with van der Waals surface area (Å²) in [6, 6.07) is 22.7. The SMILES string of the molecule is COc1ccc(-c2ccc(/C=C3\SC(=O)N(Cc4cccc5ccccc45)C3=O)o2)cc1Cl. The summed E-state index contributed by atoms with van der Waals surface area (Å²) in [6.45, 7) is 0.219. The van der Waals surface area contributed by atoms with Gasteiger partial charge in [0.1, 0.15) is 17.3 Å². The standard InChI is InChI=1S/C26H18ClNO4S/c1-31-23-11-9-17(13-21(23)27)22-12-10-19(32-22)14-24-25(29)28(26(30)33-24)15-18-7-4-6-16-5-2-3-8-20(16)18/h2-14H,15H2,1H3/b24-14-. The summed E-state index contributed by atoms with van der Waals surface area (Å²) in [7, 11) is 1.55. The van der Waals surface area contributed by atoms with Crippen LogP contribution in [0, 0.1) is 0 Å². The van der Waals surface area contributed by atoms with Crippen LogP contribution in [0.15, 0.2) is 82.1 Å². The molecule has 0 aliphatic carbocycles. The van der Waals surface area contributed by atoms with E-state index in [9.17, 15) is 9.59 Å². The summed E-state index contributed by atoms with van der Waals surface area (Å²) in [5, 5.41) is 2.27. The van der Waals surface area contributed by atoms with E-state index < -0.39 is 0 Å². The van der Waals surface area contributed by atoms with Crippen molar-refractivity contribution in [2.24, 2.45) is 0 Å². The van der Waals surface area contributed by atoms with Crippen LogP contribution >= 0.6 is 23.4 Å². The van der Waals surface area contributed by atoms with Crippen molar-refractivity contribution < 1.29 is 18.7 Å². The zero-order valence-corrected chi connectivity index (χ0v) is 19.2. The Morgan fingerprint density at radius 1 is 1.03 bits per heavy atom. The summed E-state index contributed by atoms with van der Waals surface area (Å²) >= 11 is 7.12. The van der Waals surface area contributed by atoms with Crippen molar-refractivity contribution in [2.45, 2.75) is 6.54 Å². The Labute approximate surface area is 199 Å². The molecule has 2 heterocycles. The molecule has 0 saturated carbocycles. The average Bonchev–Trinajstić information content (AvgIpc) is 3.39. The van der Waals surface area contributed by atoms with Crippen LogP contribution in [0.5, 0.6) is 5.75 Å². The van der Waals surface area contributed by atoms with Crippen LogP contribution in [0.1, 0.15) is 11.3 Å².